The molecular weight excluding hydrogens is 388 g/mol. The lowest BCUT2D eigenvalue weighted by Crippen LogP contribution is -2.33. The second-order valence-electron chi connectivity index (χ2n) is 8.74. The molecule has 1 fully saturated rings. The van der Waals surface area contributed by atoms with Crippen molar-refractivity contribution < 1.29 is 4.79 Å². The van der Waals surface area contributed by atoms with Gasteiger partial charge in [0.15, 0.2) is 5.65 Å². The SMILES string of the molecule is Cc1cc2ncc(CN(C)C)c([C@H]3CCCN3C(=O)Cc3c[nH]c4ccccc34)n2n1. The molecule has 7 nitrogen and oxygen atoms in total. The van der Waals surface area contributed by atoms with Gasteiger partial charge in [-0.25, -0.2) is 9.50 Å². The Balaban J connectivity index is 1.51. The number of benzene rings is 1. The van der Waals surface area contributed by atoms with Crippen LogP contribution in [0.25, 0.3) is 16.6 Å². The third-order valence-electron chi connectivity index (χ3n) is 6.11. The highest BCUT2D eigenvalue weighted by atomic mass is 16.2. The van der Waals surface area contributed by atoms with Crippen LogP contribution >= 0.6 is 0 Å². The summed E-state index contributed by atoms with van der Waals surface area (Å²) < 4.78 is 1.95. The van der Waals surface area contributed by atoms with Crippen molar-refractivity contribution in [2.75, 3.05) is 20.6 Å². The van der Waals surface area contributed by atoms with Gasteiger partial charge in [0.25, 0.3) is 0 Å². The molecular formula is C24H28N6O. The lowest BCUT2D eigenvalue weighted by atomic mass is 10.0. The number of fused-ring (bicyclic) bond motifs is 2. The Labute approximate surface area is 181 Å². The number of hydrogen-bond acceptors (Lipinski definition) is 4. The van der Waals surface area contributed by atoms with Crippen LogP contribution in [0, 0.1) is 6.92 Å². The van der Waals surface area contributed by atoms with Crippen molar-refractivity contribution in [2.45, 2.75) is 38.8 Å². The zero-order valence-corrected chi connectivity index (χ0v) is 18.3. The largest absolute Gasteiger partial charge is 0.361 e. The summed E-state index contributed by atoms with van der Waals surface area (Å²) in [5.74, 6) is 0.164. The summed E-state index contributed by atoms with van der Waals surface area (Å²) in [5, 5.41) is 5.85. The molecule has 0 radical (unpaired) electrons. The molecule has 1 aliphatic rings. The molecule has 4 aromatic rings. The third-order valence-corrected chi connectivity index (χ3v) is 6.11. The number of aromatic nitrogens is 4. The number of rotatable bonds is 5. The average molecular weight is 417 g/mol. The molecule has 0 aliphatic carbocycles. The van der Waals surface area contributed by atoms with Gasteiger partial charge in [-0.15, -0.1) is 0 Å². The zero-order valence-electron chi connectivity index (χ0n) is 18.3. The Morgan fingerprint density at radius 3 is 2.94 bits per heavy atom. The fraction of sp³-hybridized carbons (Fsp3) is 0.375. The van der Waals surface area contributed by atoms with Gasteiger partial charge in [0.1, 0.15) is 0 Å². The second-order valence-corrected chi connectivity index (χ2v) is 8.74. The van der Waals surface area contributed by atoms with Crippen LogP contribution in [-0.4, -0.2) is 55.9 Å². The first-order valence-corrected chi connectivity index (χ1v) is 10.8. The standard InChI is InChI=1S/C24H28N6O/c1-16-11-22-26-14-18(15-28(2)3)24(30(22)27-16)21-9-6-10-29(21)23(31)12-17-13-25-20-8-5-4-7-19(17)20/h4-5,7-8,11,13-14,21,25H,6,9-10,12,15H2,1-3H3/t21-/m1/s1. The minimum absolute atomic E-state index is 0.0115. The highest BCUT2D eigenvalue weighted by Gasteiger charge is 2.34. The van der Waals surface area contributed by atoms with Crippen molar-refractivity contribution in [3.05, 3.63) is 65.2 Å². The smallest absolute Gasteiger partial charge is 0.227 e. The monoisotopic (exact) mass is 416 g/mol. The predicted octanol–water partition coefficient (Wildman–Crippen LogP) is 3.49. The molecule has 1 aromatic carbocycles. The average Bonchev–Trinajstić information content (AvgIpc) is 3.45. The fourth-order valence-electron chi connectivity index (χ4n) is 4.81. The molecule has 1 saturated heterocycles. The molecule has 1 amide bonds. The number of nitrogens with zero attached hydrogens (tertiary/aromatic N) is 5. The van der Waals surface area contributed by atoms with Crippen molar-refractivity contribution >= 4 is 22.5 Å². The number of aromatic amines is 1. The first-order valence-electron chi connectivity index (χ1n) is 10.8. The van der Waals surface area contributed by atoms with Crippen LogP contribution in [0.1, 0.15) is 41.4 Å². The number of carbonyl (C=O) groups excluding carboxylic acids is 1. The van der Waals surface area contributed by atoms with E-state index in [1.54, 1.807) is 0 Å². The van der Waals surface area contributed by atoms with Crippen molar-refractivity contribution in [3.63, 3.8) is 0 Å². The number of carbonyl (C=O) groups is 1. The molecule has 1 aliphatic heterocycles. The summed E-state index contributed by atoms with van der Waals surface area (Å²) in [4.78, 5) is 25.6. The number of aryl methyl sites for hydroxylation is 1. The Kier molecular flexibility index (Phi) is 4.98. The van der Waals surface area contributed by atoms with Gasteiger partial charge in [-0.1, -0.05) is 18.2 Å². The summed E-state index contributed by atoms with van der Waals surface area (Å²) in [6.45, 7) is 3.52. The number of likely N-dealkylation sites (tertiary alicyclic amines) is 1. The van der Waals surface area contributed by atoms with Gasteiger partial charge in [-0.3, -0.25) is 4.79 Å². The predicted molar refractivity (Wildman–Crippen MR) is 121 cm³/mol. The van der Waals surface area contributed by atoms with Crippen LogP contribution in [0.5, 0.6) is 0 Å². The van der Waals surface area contributed by atoms with Crippen LogP contribution in [0.2, 0.25) is 0 Å². The van der Waals surface area contributed by atoms with Gasteiger partial charge in [0.2, 0.25) is 5.91 Å². The number of nitrogens with one attached hydrogen (secondary N) is 1. The van der Waals surface area contributed by atoms with E-state index >= 15 is 0 Å². The minimum Gasteiger partial charge on any atom is -0.361 e. The summed E-state index contributed by atoms with van der Waals surface area (Å²) in [6.07, 6.45) is 6.25. The Morgan fingerprint density at radius 2 is 2.10 bits per heavy atom. The van der Waals surface area contributed by atoms with E-state index in [1.165, 1.54) is 0 Å². The van der Waals surface area contributed by atoms with E-state index in [-0.39, 0.29) is 11.9 Å². The first-order chi connectivity index (χ1) is 15.0. The van der Waals surface area contributed by atoms with E-state index in [9.17, 15) is 4.79 Å². The molecule has 7 heteroatoms. The molecule has 5 rings (SSSR count). The zero-order chi connectivity index (χ0) is 21.5. The van der Waals surface area contributed by atoms with Gasteiger partial charge in [0.05, 0.1) is 23.9 Å². The van der Waals surface area contributed by atoms with E-state index < -0.39 is 0 Å². The van der Waals surface area contributed by atoms with E-state index in [1.807, 2.05) is 53.0 Å². The van der Waals surface area contributed by atoms with Crippen molar-refractivity contribution in [1.29, 1.82) is 0 Å². The second kappa shape index (κ2) is 7.81. The highest BCUT2D eigenvalue weighted by Crippen LogP contribution is 2.35. The maximum absolute atomic E-state index is 13.5. The Bertz CT molecular complexity index is 1250. The van der Waals surface area contributed by atoms with Gasteiger partial charge in [0, 0.05) is 48.0 Å². The molecule has 31 heavy (non-hydrogen) atoms. The van der Waals surface area contributed by atoms with E-state index in [2.05, 4.69) is 35.0 Å². The summed E-state index contributed by atoms with van der Waals surface area (Å²) >= 11 is 0. The van der Waals surface area contributed by atoms with Crippen LogP contribution < -0.4 is 0 Å². The molecule has 1 atom stereocenters. The summed E-state index contributed by atoms with van der Waals surface area (Å²) in [6, 6.07) is 10.2. The maximum atomic E-state index is 13.5. The fourth-order valence-corrected chi connectivity index (χ4v) is 4.81. The Morgan fingerprint density at radius 1 is 1.26 bits per heavy atom. The number of H-pyrrole nitrogens is 1. The van der Waals surface area contributed by atoms with Crippen LogP contribution in [0.3, 0.4) is 0 Å². The number of hydrogen-bond donors (Lipinski definition) is 1. The Hall–Kier alpha value is -3.19. The van der Waals surface area contributed by atoms with E-state index in [0.29, 0.717) is 6.42 Å². The topological polar surface area (TPSA) is 69.5 Å². The number of amides is 1. The van der Waals surface area contributed by atoms with E-state index in [0.717, 1.165) is 65.0 Å². The van der Waals surface area contributed by atoms with Gasteiger partial charge >= 0.3 is 0 Å². The molecule has 0 spiro atoms. The van der Waals surface area contributed by atoms with Crippen LogP contribution in [-0.2, 0) is 17.8 Å². The maximum Gasteiger partial charge on any atom is 0.227 e. The van der Waals surface area contributed by atoms with Gasteiger partial charge < -0.3 is 14.8 Å². The molecule has 0 saturated carbocycles. The highest BCUT2D eigenvalue weighted by molar-refractivity contribution is 5.89. The minimum atomic E-state index is 0.0115. The number of para-hydroxylation sites is 1. The normalized spacial score (nSPS) is 16.8. The van der Waals surface area contributed by atoms with Gasteiger partial charge in [-0.2, -0.15) is 5.10 Å². The molecule has 3 aromatic heterocycles. The van der Waals surface area contributed by atoms with E-state index in [4.69, 9.17) is 5.10 Å². The lowest BCUT2D eigenvalue weighted by molar-refractivity contribution is -0.131. The molecule has 0 unspecified atom stereocenters. The molecule has 160 valence electrons. The molecule has 1 N–H and O–H groups in total. The van der Waals surface area contributed by atoms with Crippen LogP contribution in [0.4, 0.5) is 0 Å². The summed E-state index contributed by atoms with van der Waals surface area (Å²) in [7, 11) is 4.10. The quantitative estimate of drug-likeness (QED) is 0.541. The van der Waals surface area contributed by atoms with Gasteiger partial charge in [-0.05, 0) is 45.5 Å². The third kappa shape index (κ3) is 3.59. The van der Waals surface area contributed by atoms with Crippen molar-refractivity contribution in [2.24, 2.45) is 0 Å². The van der Waals surface area contributed by atoms with Crippen molar-refractivity contribution in [3.8, 4) is 0 Å². The molecule has 4 heterocycles. The molecule has 0 bridgehead atoms. The first kappa shape index (κ1) is 19.8. The summed E-state index contributed by atoms with van der Waals surface area (Å²) in [5.41, 5.74) is 6.11. The van der Waals surface area contributed by atoms with Crippen LogP contribution in [0.15, 0.2) is 42.7 Å². The lowest BCUT2D eigenvalue weighted by Gasteiger charge is -2.27. The van der Waals surface area contributed by atoms with Crippen molar-refractivity contribution in [1.82, 2.24) is 29.4 Å².